The summed E-state index contributed by atoms with van der Waals surface area (Å²) in [5.74, 6) is -0.141. The van der Waals surface area contributed by atoms with Crippen LogP contribution in [-0.4, -0.2) is 21.2 Å². The van der Waals surface area contributed by atoms with Gasteiger partial charge in [0, 0.05) is 5.56 Å². The summed E-state index contributed by atoms with van der Waals surface area (Å²) < 4.78 is 5.29. The second kappa shape index (κ2) is 4.12. The van der Waals surface area contributed by atoms with Gasteiger partial charge in [0.05, 0.1) is 11.9 Å². The van der Waals surface area contributed by atoms with Crippen molar-refractivity contribution < 1.29 is 14.3 Å². The number of fused-ring (bicyclic) bond motifs is 1. The first kappa shape index (κ1) is 10.3. The number of para-hydroxylation sites is 1. The third-order valence-electron chi connectivity index (χ3n) is 2.03. The molecule has 0 aliphatic heterocycles. The van der Waals surface area contributed by atoms with Crippen LogP contribution in [0.4, 0.5) is 0 Å². The van der Waals surface area contributed by atoms with E-state index in [2.05, 4.69) is 20.9 Å². The summed E-state index contributed by atoms with van der Waals surface area (Å²) >= 11 is 3.05. The third kappa shape index (κ3) is 1.80. The van der Waals surface area contributed by atoms with Crippen molar-refractivity contribution in [2.75, 3.05) is 5.33 Å². The zero-order chi connectivity index (χ0) is 10.8. The van der Waals surface area contributed by atoms with Gasteiger partial charge in [-0.3, -0.25) is 4.79 Å². The molecule has 2 aromatic rings. The Hall–Kier alpha value is -1.20. The first-order valence-corrected chi connectivity index (χ1v) is 5.47. The van der Waals surface area contributed by atoms with Crippen molar-refractivity contribution in [3.05, 3.63) is 29.7 Å². The number of nitrogens with zero attached hydrogens (tertiary/aromatic N) is 1. The number of halogens is 1. The number of hydrogen-bond acceptors (Lipinski definition) is 4. The molecule has 15 heavy (non-hydrogen) atoms. The molecule has 0 atom stereocenters. The number of benzene rings is 1. The molecule has 0 saturated carbocycles. The van der Waals surface area contributed by atoms with Crippen LogP contribution >= 0.6 is 15.9 Å². The number of aliphatic hydroxyl groups excluding tert-OH is 1. The average molecular weight is 270 g/mol. The summed E-state index contributed by atoms with van der Waals surface area (Å²) in [6.45, 7) is -0.130. The molecule has 0 unspecified atom stereocenters. The Morgan fingerprint density at radius 3 is 3.00 bits per heavy atom. The number of rotatable bonds is 3. The zero-order valence-corrected chi connectivity index (χ0v) is 9.32. The number of hydrogen-bond donors (Lipinski definition) is 1. The van der Waals surface area contributed by atoms with Crippen molar-refractivity contribution in [1.29, 1.82) is 0 Å². The fraction of sp³-hybridized carbons (Fsp3) is 0.200. The molecule has 0 amide bonds. The maximum Gasteiger partial charge on any atom is 0.265 e. The molecule has 0 saturated heterocycles. The monoisotopic (exact) mass is 269 g/mol. The van der Waals surface area contributed by atoms with E-state index in [0.29, 0.717) is 16.7 Å². The fourth-order valence-corrected chi connectivity index (χ4v) is 1.55. The van der Waals surface area contributed by atoms with Crippen LogP contribution in [0.5, 0.6) is 0 Å². The van der Waals surface area contributed by atoms with Crippen LogP contribution in [0.3, 0.4) is 0 Å². The number of aromatic nitrogens is 1. The highest BCUT2D eigenvalue weighted by molar-refractivity contribution is 9.09. The molecule has 4 nitrogen and oxygen atoms in total. The Balaban J connectivity index is 2.60. The predicted molar refractivity (Wildman–Crippen MR) is 58.1 cm³/mol. The quantitative estimate of drug-likeness (QED) is 0.683. The molecule has 0 aliphatic carbocycles. The molecule has 0 radical (unpaired) electrons. The van der Waals surface area contributed by atoms with Gasteiger partial charge in [0.15, 0.2) is 5.58 Å². The summed E-state index contributed by atoms with van der Waals surface area (Å²) in [6, 6.07) is 5.23. The van der Waals surface area contributed by atoms with E-state index >= 15 is 0 Å². The predicted octanol–water partition coefficient (Wildman–Crippen LogP) is 1.90. The van der Waals surface area contributed by atoms with E-state index in [9.17, 15) is 4.79 Å². The van der Waals surface area contributed by atoms with Crippen LogP contribution in [0.15, 0.2) is 22.6 Å². The normalized spacial score (nSPS) is 10.8. The highest BCUT2D eigenvalue weighted by atomic mass is 79.9. The van der Waals surface area contributed by atoms with Crippen LogP contribution in [0.1, 0.15) is 16.2 Å². The smallest absolute Gasteiger partial charge is 0.265 e. The first-order valence-electron chi connectivity index (χ1n) is 4.34. The molecule has 0 spiro atoms. The van der Waals surface area contributed by atoms with Gasteiger partial charge in [0.25, 0.3) is 5.89 Å². The first-order chi connectivity index (χ1) is 7.26. The Morgan fingerprint density at radius 2 is 2.33 bits per heavy atom. The zero-order valence-electron chi connectivity index (χ0n) is 7.74. The molecule has 0 fully saturated rings. The minimum absolute atomic E-state index is 0.0720. The van der Waals surface area contributed by atoms with Crippen molar-refractivity contribution in [3.8, 4) is 0 Å². The lowest BCUT2D eigenvalue weighted by Gasteiger charge is -1.93. The molecular weight excluding hydrogens is 262 g/mol. The number of Topliss-reactive ketones (excluding diaryl/α,β-unsaturated/α-hetero) is 1. The summed E-state index contributed by atoms with van der Waals surface area (Å²) in [6.07, 6.45) is 0. The number of oxazole rings is 1. The van der Waals surface area contributed by atoms with Crippen molar-refractivity contribution in [1.82, 2.24) is 4.98 Å². The van der Waals surface area contributed by atoms with E-state index in [1.54, 1.807) is 18.2 Å². The van der Waals surface area contributed by atoms with E-state index in [4.69, 9.17) is 9.52 Å². The highest BCUT2D eigenvalue weighted by Crippen LogP contribution is 2.20. The SMILES string of the molecule is O=C(CBr)c1nc2cccc(CO)c2o1. The standard InChI is InChI=1S/C10H8BrNO3/c11-4-8(14)10-12-7-3-1-2-6(5-13)9(7)15-10/h1-3,13H,4-5H2. The van der Waals surface area contributed by atoms with E-state index in [1.165, 1.54) is 0 Å². The largest absolute Gasteiger partial charge is 0.433 e. The second-order valence-corrected chi connectivity index (χ2v) is 3.56. The summed E-state index contributed by atoms with van der Waals surface area (Å²) in [7, 11) is 0. The van der Waals surface area contributed by atoms with Crippen molar-refractivity contribution in [3.63, 3.8) is 0 Å². The molecule has 1 heterocycles. The van der Waals surface area contributed by atoms with Crippen molar-refractivity contribution in [2.24, 2.45) is 0 Å². The molecule has 78 valence electrons. The number of carbonyl (C=O) groups is 1. The van der Waals surface area contributed by atoms with Gasteiger partial charge in [-0.15, -0.1) is 0 Å². The Labute approximate surface area is 94.0 Å². The van der Waals surface area contributed by atoms with Crippen LogP contribution in [0.2, 0.25) is 0 Å². The maximum atomic E-state index is 11.3. The summed E-state index contributed by atoms with van der Waals surface area (Å²) in [4.78, 5) is 15.4. The summed E-state index contributed by atoms with van der Waals surface area (Å²) in [5.41, 5.74) is 1.70. The van der Waals surface area contributed by atoms with Gasteiger partial charge in [0.2, 0.25) is 5.78 Å². The van der Waals surface area contributed by atoms with E-state index in [1.807, 2.05) is 0 Å². The van der Waals surface area contributed by atoms with E-state index < -0.39 is 0 Å². The highest BCUT2D eigenvalue weighted by Gasteiger charge is 2.14. The van der Waals surface area contributed by atoms with Gasteiger partial charge in [-0.05, 0) is 6.07 Å². The second-order valence-electron chi connectivity index (χ2n) is 3.00. The maximum absolute atomic E-state index is 11.3. The third-order valence-corrected chi connectivity index (χ3v) is 2.54. The van der Waals surface area contributed by atoms with Crippen LogP contribution < -0.4 is 0 Å². The van der Waals surface area contributed by atoms with Gasteiger partial charge in [-0.25, -0.2) is 4.98 Å². The van der Waals surface area contributed by atoms with E-state index in [0.717, 1.165) is 0 Å². The van der Waals surface area contributed by atoms with Gasteiger partial charge in [-0.2, -0.15) is 0 Å². The lowest BCUT2D eigenvalue weighted by atomic mass is 10.2. The average Bonchev–Trinajstić information content (AvgIpc) is 2.71. The van der Waals surface area contributed by atoms with Crippen molar-refractivity contribution in [2.45, 2.75) is 6.61 Å². The van der Waals surface area contributed by atoms with Gasteiger partial charge >= 0.3 is 0 Å². The lowest BCUT2D eigenvalue weighted by Crippen LogP contribution is -1.99. The Kier molecular flexibility index (Phi) is 2.83. The van der Waals surface area contributed by atoms with E-state index in [-0.39, 0.29) is 23.6 Å². The molecule has 0 bridgehead atoms. The Morgan fingerprint density at radius 1 is 1.53 bits per heavy atom. The van der Waals surface area contributed by atoms with Crippen LogP contribution in [-0.2, 0) is 6.61 Å². The topological polar surface area (TPSA) is 63.3 Å². The number of carbonyl (C=O) groups excluding carboxylic acids is 1. The number of ketones is 1. The minimum Gasteiger partial charge on any atom is -0.433 e. The van der Waals surface area contributed by atoms with Crippen LogP contribution in [0.25, 0.3) is 11.1 Å². The van der Waals surface area contributed by atoms with Gasteiger partial charge in [-0.1, -0.05) is 28.1 Å². The molecule has 1 aromatic carbocycles. The molecule has 1 N–H and O–H groups in total. The minimum atomic E-state index is -0.213. The molecule has 5 heteroatoms. The molecule has 2 rings (SSSR count). The van der Waals surface area contributed by atoms with Gasteiger partial charge < -0.3 is 9.52 Å². The summed E-state index contributed by atoms with van der Waals surface area (Å²) in [5, 5.41) is 9.23. The van der Waals surface area contributed by atoms with Gasteiger partial charge in [0.1, 0.15) is 5.52 Å². The Bertz CT molecular complexity index is 506. The number of aliphatic hydroxyl groups is 1. The number of alkyl halides is 1. The molecular formula is C10H8BrNO3. The molecule has 0 aliphatic rings. The fourth-order valence-electron chi connectivity index (χ4n) is 1.31. The van der Waals surface area contributed by atoms with Crippen molar-refractivity contribution >= 4 is 32.8 Å². The lowest BCUT2D eigenvalue weighted by molar-refractivity contribution is 0.0989. The molecule has 1 aromatic heterocycles. The van der Waals surface area contributed by atoms with Crippen LogP contribution in [0, 0.1) is 0 Å².